The molecule has 1 heterocycles. The lowest BCUT2D eigenvalue weighted by Gasteiger charge is -2.36. The molecule has 0 spiro atoms. The molecule has 2 rings (SSSR count). The first-order chi connectivity index (χ1) is 9.39. The number of rotatable bonds is 4. The number of halogens is 3. The van der Waals surface area contributed by atoms with E-state index in [-0.39, 0.29) is 11.8 Å². The van der Waals surface area contributed by atoms with Crippen molar-refractivity contribution in [2.24, 2.45) is 17.8 Å². The molecule has 2 atom stereocenters. The SMILES string of the molecule is CC(C(=O)NC(C1CCCCC1)C(F)(F)F)C1CNC1. The van der Waals surface area contributed by atoms with Gasteiger partial charge in [0.05, 0.1) is 0 Å². The summed E-state index contributed by atoms with van der Waals surface area (Å²) < 4.78 is 39.6. The molecule has 2 unspecified atom stereocenters. The van der Waals surface area contributed by atoms with Gasteiger partial charge in [-0.3, -0.25) is 4.79 Å². The van der Waals surface area contributed by atoms with Crippen LogP contribution in [0.4, 0.5) is 13.2 Å². The van der Waals surface area contributed by atoms with Gasteiger partial charge in [0.1, 0.15) is 6.04 Å². The van der Waals surface area contributed by atoms with Crippen LogP contribution in [0.1, 0.15) is 39.0 Å². The topological polar surface area (TPSA) is 41.1 Å². The van der Waals surface area contributed by atoms with E-state index in [9.17, 15) is 18.0 Å². The van der Waals surface area contributed by atoms with Gasteiger partial charge >= 0.3 is 6.18 Å². The first-order valence-electron chi connectivity index (χ1n) is 7.47. The second-order valence-electron chi connectivity index (χ2n) is 6.13. The van der Waals surface area contributed by atoms with E-state index in [2.05, 4.69) is 10.6 Å². The van der Waals surface area contributed by atoms with Crippen molar-refractivity contribution in [3.8, 4) is 0 Å². The van der Waals surface area contributed by atoms with Gasteiger partial charge in [-0.2, -0.15) is 13.2 Å². The zero-order valence-electron chi connectivity index (χ0n) is 11.8. The van der Waals surface area contributed by atoms with Gasteiger partial charge in [0, 0.05) is 5.92 Å². The van der Waals surface area contributed by atoms with E-state index in [1.165, 1.54) is 0 Å². The predicted molar refractivity (Wildman–Crippen MR) is 70.1 cm³/mol. The molecule has 0 aromatic carbocycles. The van der Waals surface area contributed by atoms with E-state index in [0.29, 0.717) is 25.9 Å². The lowest BCUT2D eigenvalue weighted by molar-refractivity contribution is -0.175. The van der Waals surface area contributed by atoms with Crippen molar-refractivity contribution in [3.05, 3.63) is 0 Å². The van der Waals surface area contributed by atoms with Gasteiger partial charge in [0.25, 0.3) is 0 Å². The van der Waals surface area contributed by atoms with Crippen molar-refractivity contribution in [2.75, 3.05) is 13.1 Å². The number of amides is 1. The fourth-order valence-corrected chi connectivity index (χ4v) is 3.10. The average Bonchev–Trinajstić information content (AvgIpc) is 2.33. The molecule has 0 bridgehead atoms. The average molecular weight is 292 g/mol. The summed E-state index contributed by atoms with van der Waals surface area (Å²) >= 11 is 0. The van der Waals surface area contributed by atoms with E-state index in [1.807, 2.05) is 0 Å². The molecule has 20 heavy (non-hydrogen) atoms. The third-order valence-electron chi connectivity index (χ3n) is 4.71. The van der Waals surface area contributed by atoms with Crippen molar-refractivity contribution in [3.63, 3.8) is 0 Å². The van der Waals surface area contributed by atoms with Gasteiger partial charge in [0.15, 0.2) is 0 Å². The maximum atomic E-state index is 13.2. The molecular weight excluding hydrogens is 269 g/mol. The molecule has 1 aliphatic heterocycles. The smallest absolute Gasteiger partial charge is 0.344 e. The molecule has 1 aliphatic carbocycles. The van der Waals surface area contributed by atoms with Gasteiger partial charge in [0.2, 0.25) is 5.91 Å². The van der Waals surface area contributed by atoms with Gasteiger partial charge in [-0.25, -0.2) is 0 Å². The number of carbonyl (C=O) groups excluding carboxylic acids is 1. The molecule has 2 fully saturated rings. The maximum absolute atomic E-state index is 13.2. The van der Waals surface area contributed by atoms with E-state index in [0.717, 1.165) is 19.3 Å². The minimum atomic E-state index is -4.35. The Hall–Kier alpha value is -0.780. The minimum absolute atomic E-state index is 0.162. The number of nitrogens with one attached hydrogen (secondary N) is 2. The number of carbonyl (C=O) groups is 1. The molecule has 1 saturated carbocycles. The van der Waals surface area contributed by atoms with Crippen molar-refractivity contribution in [1.29, 1.82) is 0 Å². The zero-order chi connectivity index (χ0) is 14.8. The van der Waals surface area contributed by atoms with E-state index < -0.39 is 24.0 Å². The van der Waals surface area contributed by atoms with Crippen molar-refractivity contribution in [1.82, 2.24) is 10.6 Å². The minimum Gasteiger partial charge on any atom is -0.344 e. The molecule has 116 valence electrons. The summed E-state index contributed by atoms with van der Waals surface area (Å²) in [6, 6.07) is -1.68. The highest BCUT2D eigenvalue weighted by molar-refractivity contribution is 5.79. The van der Waals surface area contributed by atoms with Crippen LogP contribution in [0.5, 0.6) is 0 Å². The van der Waals surface area contributed by atoms with Crippen LogP contribution in [0.25, 0.3) is 0 Å². The molecule has 1 amide bonds. The molecule has 6 heteroatoms. The van der Waals surface area contributed by atoms with Crippen molar-refractivity contribution < 1.29 is 18.0 Å². The van der Waals surface area contributed by atoms with Crippen molar-refractivity contribution >= 4 is 5.91 Å². The lowest BCUT2D eigenvalue weighted by Crippen LogP contribution is -2.55. The van der Waals surface area contributed by atoms with E-state index in [4.69, 9.17) is 0 Å². The van der Waals surface area contributed by atoms with Crippen LogP contribution in [-0.2, 0) is 4.79 Å². The van der Waals surface area contributed by atoms with Crippen LogP contribution in [0.3, 0.4) is 0 Å². The Balaban J connectivity index is 1.97. The normalized spacial score (nSPS) is 24.8. The second kappa shape index (κ2) is 6.33. The molecule has 2 aliphatic rings. The second-order valence-corrected chi connectivity index (χ2v) is 6.13. The monoisotopic (exact) mass is 292 g/mol. The van der Waals surface area contributed by atoms with E-state index in [1.54, 1.807) is 6.92 Å². The summed E-state index contributed by atoms with van der Waals surface area (Å²) in [5, 5.41) is 5.33. The molecule has 0 aromatic heterocycles. The van der Waals surface area contributed by atoms with Gasteiger partial charge in [-0.1, -0.05) is 26.2 Å². The summed E-state index contributed by atoms with van der Waals surface area (Å²) in [5.41, 5.74) is 0. The predicted octanol–water partition coefficient (Wildman–Crippen LogP) is 2.47. The molecular formula is C14H23F3N2O. The van der Waals surface area contributed by atoms with Crippen LogP contribution in [0, 0.1) is 17.8 Å². The first kappa shape index (κ1) is 15.6. The summed E-state index contributed by atoms with van der Waals surface area (Å²) in [6.45, 7) is 3.15. The molecule has 3 nitrogen and oxygen atoms in total. The highest BCUT2D eigenvalue weighted by atomic mass is 19.4. The maximum Gasteiger partial charge on any atom is 0.408 e. The summed E-state index contributed by atoms with van der Waals surface area (Å²) in [5.74, 6) is -1.11. The van der Waals surface area contributed by atoms with Crippen LogP contribution in [-0.4, -0.2) is 31.2 Å². The third-order valence-corrected chi connectivity index (χ3v) is 4.71. The zero-order valence-corrected chi connectivity index (χ0v) is 11.8. The lowest BCUT2D eigenvalue weighted by atomic mass is 9.82. The first-order valence-corrected chi connectivity index (χ1v) is 7.47. The summed E-state index contributed by atoms with van der Waals surface area (Å²) in [4.78, 5) is 12.0. The fourth-order valence-electron chi connectivity index (χ4n) is 3.10. The number of hydrogen-bond donors (Lipinski definition) is 2. The van der Waals surface area contributed by atoms with E-state index >= 15 is 0 Å². The summed E-state index contributed by atoms with van der Waals surface area (Å²) in [6.07, 6.45) is -0.577. The Morgan fingerprint density at radius 1 is 1.15 bits per heavy atom. The molecule has 2 N–H and O–H groups in total. The standard InChI is InChI=1S/C14H23F3N2O/c1-9(11-7-18-8-11)13(20)19-12(14(15,16)17)10-5-3-2-4-6-10/h9-12,18H,2-8H2,1H3,(H,19,20). The Morgan fingerprint density at radius 3 is 2.20 bits per heavy atom. The van der Waals surface area contributed by atoms with Gasteiger partial charge in [-0.15, -0.1) is 0 Å². The van der Waals surface area contributed by atoms with Crippen LogP contribution in [0.15, 0.2) is 0 Å². The Labute approximate surface area is 117 Å². The Morgan fingerprint density at radius 2 is 1.75 bits per heavy atom. The third kappa shape index (κ3) is 3.65. The Kier molecular flexibility index (Phi) is 4.94. The largest absolute Gasteiger partial charge is 0.408 e. The highest BCUT2D eigenvalue weighted by Crippen LogP contribution is 2.35. The Bertz CT molecular complexity index is 336. The van der Waals surface area contributed by atoms with Crippen LogP contribution >= 0.6 is 0 Å². The highest BCUT2D eigenvalue weighted by Gasteiger charge is 2.46. The molecule has 0 radical (unpaired) electrons. The fraction of sp³-hybridized carbons (Fsp3) is 0.929. The van der Waals surface area contributed by atoms with Gasteiger partial charge < -0.3 is 10.6 Å². The quantitative estimate of drug-likeness (QED) is 0.836. The van der Waals surface area contributed by atoms with Crippen LogP contribution < -0.4 is 10.6 Å². The molecule has 1 saturated heterocycles. The molecule has 0 aromatic rings. The number of hydrogen-bond acceptors (Lipinski definition) is 2. The number of alkyl halides is 3. The van der Waals surface area contributed by atoms with Crippen LogP contribution in [0.2, 0.25) is 0 Å². The van der Waals surface area contributed by atoms with Gasteiger partial charge in [-0.05, 0) is 37.8 Å². The summed E-state index contributed by atoms with van der Waals surface area (Å²) in [7, 11) is 0. The van der Waals surface area contributed by atoms with Crippen molar-refractivity contribution in [2.45, 2.75) is 51.2 Å².